The summed E-state index contributed by atoms with van der Waals surface area (Å²) in [6, 6.07) is 16.2. The van der Waals surface area contributed by atoms with Gasteiger partial charge >= 0.3 is 5.69 Å². The molecule has 0 bridgehead atoms. The van der Waals surface area contributed by atoms with Crippen molar-refractivity contribution in [2.75, 3.05) is 0 Å². The second-order valence-electron chi connectivity index (χ2n) is 5.48. The topological polar surface area (TPSA) is 81.8 Å². The fourth-order valence-electron chi connectivity index (χ4n) is 2.40. The molecule has 3 aromatic rings. The molecule has 0 aliphatic rings. The molecule has 7 nitrogen and oxygen atoms in total. The first-order valence-corrected chi connectivity index (χ1v) is 8.06. The Kier molecular flexibility index (Phi) is 4.95. The van der Waals surface area contributed by atoms with Gasteiger partial charge in [0.15, 0.2) is 0 Å². The molecule has 0 fully saturated rings. The van der Waals surface area contributed by atoms with E-state index in [-0.39, 0.29) is 18.5 Å². The largest absolute Gasteiger partial charge is 0.369 e. The number of halogens is 1. The lowest BCUT2D eigenvalue weighted by atomic mass is 10.1. The lowest BCUT2D eigenvalue weighted by molar-refractivity contribution is -0.122. The molecular formula is C17H16ClN5O2. The first kappa shape index (κ1) is 16.9. The van der Waals surface area contributed by atoms with E-state index in [4.69, 9.17) is 11.6 Å². The van der Waals surface area contributed by atoms with Crippen molar-refractivity contribution in [3.8, 4) is 5.69 Å². The van der Waals surface area contributed by atoms with Gasteiger partial charge in [0.25, 0.3) is 0 Å². The summed E-state index contributed by atoms with van der Waals surface area (Å²) < 4.78 is 2.06. The maximum Gasteiger partial charge on any atom is 0.369 e. The van der Waals surface area contributed by atoms with Crippen molar-refractivity contribution in [3.63, 3.8) is 0 Å². The van der Waals surface area contributed by atoms with Crippen LogP contribution in [0.3, 0.4) is 0 Å². The van der Waals surface area contributed by atoms with Crippen molar-refractivity contribution in [3.05, 3.63) is 75.7 Å². The van der Waals surface area contributed by atoms with Crippen LogP contribution in [0, 0.1) is 0 Å². The third-order valence-corrected chi connectivity index (χ3v) is 4.01. The molecule has 1 aromatic heterocycles. The summed E-state index contributed by atoms with van der Waals surface area (Å²) in [6.07, 6.45) is 0. The maximum absolute atomic E-state index is 12.4. The summed E-state index contributed by atoms with van der Waals surface area (Å²) in [5.74, 6) is -0.329. The molecule has 3 rings (SSSR count). The number of hydrogen-bond donors (Lipinski definition) is 1. The third-order valence-electron chi connectivity index (χ3n) is 3.69. The van der Waals surface area contributed by atoms with Gasteiger partial charge in [0.2, 0.25) is 5.91 Å². The fourth-order valence-corrected chi connectivity index (χ4v) is 2.61. The lowest BCUT2D eigenvalue weighted by Gasteiger charge is -2.13. The highest BCUT2D eigenvalue weighted by Gasteiger charge is 2.15. The summed E-state index contributed by atoms with van der Waals surface area (Å²) in [5, 5.41) is 10.7. The zero-order chi connectivity index (χ0) is 17.8. The second kappa shape index (κ2) is 7.31. The Bertz CT molecular complexity index is 935. The van der Waals surface area contributed by atoms with Crippen molar-refractivity contribution in [1.29, 1.82) is 0 Å². The number of carbonyl (C=O) groups is 1. The molecule has 0 unspecified atom stereocenters. The van der Waals surface area contributed by atoms with Gasteiger partial charge < -0.3 is 5.32 Å². The second-order valence-corrected chi connectivity index (χ2v) is 5.89. The molecular weight excluding hydrogens is 342 g/mol. The van der Waals surface area contributed by atoms with Crippen LogP contribution in [0.15, 0.2) is 59.4 Å². The SMILES string of the molecule is C[C@@H](NC(=O)Cn1nnn(-c2ccccc2Cl)c1=O)c1ccccc1. The molecule has 1 heterocycles. The molecule has 128 valence electrons. The van der Waals surface area contributed by atoms with Crippen molar-refractivity contribution in [2.45, 2.75) is 19.5 Å². The van der Waals surface area contributed by atoms with E-state index in [1.165, 1.54) is 0 Å². The van der Waals surface area contributed by atoms with E-state index in [2.05, 4.69) is 15.7 Å². The smallest absolute Gasteiger partial charge is 0.348 e. The van der Waals surface area contributed by atoms with Gasteiger partial charge in [-0.1, -0.05) is 54.1 Å². The van der Waals surface area contributed by atoms with E-state index in [0.29, 0.717) is 10.7 Å². The van der Waals surface area contributed by atoms with Gasteiger partial charge in [0.05, 0.1) is 16.8 Å². The van der Waals surface area contributed by atoms with Crippen LogP contribution >= 0.6 is 11.6 Å². The van der Waals surface area contributed by atoms with Crippen LogP contribution in [0.25, 0.3) is 5.69 Å². The molecule has 0 aliphatic heterocycles. The number of rotatable bonds is 5. The number of para-hydroxylation sites is 1. The summed E-state index contributed by atoms with van der Waals surface area (Å²) in [5.41, 5.74) is 0.858. The highest BCUT2D eigenvalue weighted by molar-refractivity contribution is 6.32. The molecule has 8 heteroatoms. The van der Waals surface area contributed by atoms with Gasteiger partial charge in [0.1, 0.15) is 6.54 Å². The summed E-state index contributed by atoms with van der Waals surface area (Å²) in [4.78, 5) is 24.6. The van der Waals surface area contributed by atoms with E-state index in [1.807, 2.05) is 37.3 Å². The molecule has 0 spiro atoms. The Balaban J connectivity index is 1.73. The van der Waals surface area contributed by atoms with E-state index in [1.54, 1.807) is 24.3 Å². The quantitative estimate of drug-likeness (QED) is 0.756. The average Bonchev–Trinajstić information content (AvgIpc) is 2.96. The lowest BCUT2D eigenvalue weighted by Crippen LogP contribution is -2.34. The van der Waals surface area contributed by atoms with Crippen LogP contribution in [0.1, 0.15) is 18.5 Å². The number of tetrazole rings is 1. The molecule has 1 N–H and O–H groups in total. The first-order chi connectivity index (χ1) is 12.1. The number of nitrogens with zero attached hydrogens (tertiary/aromatic N) is 4. The zero-order valence-electron chi connectivity index (χ0n) is 13.5. The Hall–Kier alpha value is -2.93. The minimum absolute atomic E-state index is 0.178. The van der Waals surface area contributed by atoms with Crippen molar-refractivity contribution >= 4 is 17.5 Å². The minimum Gasteiger partial charge on any atom is -0.348 e. The Morgan fingerprint density at radius 3 is 2.52 bits per heavy atom. The Morgan fingerprint density at radius 1 is 1.12 bits per heavy atom. The third kappa shape index (κ3) is 3.77. The molecule has 2 aromatic carbocycles. The molecule has 0 saturated carbocycles. The summed E-state index contributed by atoms with van der Waals surface area (Å²) >= 11 is 6.07. The van der Waals surface area contributed by atoms with Crippen LogP contribution in [0.5, 0.6) is 0 Å². The highest BCUT2D eigenvalue weighted by atomic mass is 35.5. The highest BCUT2D eigenvalue weighted by Crippen LogP contribution is 2.16. The van der Waals surface area contributed by atoms with Gasteiger partial charge in [-0.2, -0.15) is 9.36 Å². The monoisotopic (exact) mass is 357 g/mol. The van der Waals surface area contributed by atoms with Crippen LogP contribution in [0.2, 0.25) is 5.02 Å². The molecule has 0 radical (unpaired) electrons. The normalized spacial score (nSPS) is 11.9. The van der Waals surface area contributed by atoms with Crippen molar-refractivity contribution in [2.24, 2.45) is 0 Å². The molecule has 1 amide bonds. The molecule has 1 atom stereocenters. The number of benzene rings is 2. The molecule has 25 heavy (non-hydrogen) atoms. The molecule has 0 aliphatic carbocycles. The van der Waals surface area contributed by atoms with E-state index < -0.39 is 5.69 Å². The zero-order valence-corrected chi connectivity index (χ0v) is 14.2. The van der Waals surface area contributed by atoms with Crippen molar-refractivity contribution < 1.29 is 4.79 Å². The maximum atomic E-state index is 12.4. The first-order valence-electron chi connectivity index (χ1n) is 7.68. The number of hydrogen-bond acceptors (Lipinski definition) is 4. The number of aromatic nitrogens is 4. The Labute approximate surface area is 148 Å². The molecule has 0 saturated heterocycles. The van der Waals surface area contributed by atoms with E-state index in [0.717, 1.165) is 14.9 Å². The van der Waals surface area contributed by atoms with E-state index >= 15 is 0 Å². The predicted octanol–water partition coefficient (Wildman–Crippen LogP) is 1.96. The van der Waals surface area contributed by atoms with Crippen LogP contribution < -0.4 is 11.0 Å². The number of amides is 1. The van der Waals surface area contributed by atoms with Gasteiger partial charge in [0, 0.05) is 0 Å². The minimum atomic E-state index is -0.532. The van der Waals surface area contributed by atoms with Crippen LogP contribution in [-0.4, -0.2) is 25.7 Å². The van der Waals surface area contributed by atoms with Gasteiger partial charge in [-0.05, 0) is 35.0 Å². The summed E-state index contributed by atoms with van der Waals surface area (Å²) in [6.45, 7) is 1.65. The van der Waals surface area contributed by atoms with Crippen LogP contribution in [0.4, 0.5) is 0 Å². The fraction of sp³-hybridized carbons (Fsp3) is 0.176. The summed E-state index contributed by atoms with van der Waals surface area (Å²) in [7, 11) is 0. The number of carbonyl (C=O) groups excluding carboxylic acids is 1. The predicted molar refractivity (Wildman–Crippen MR) is 93.6 cm³/mol. The number of nitrogens with one attached hydrogen (secondary N) is 1. The van der Waals surface area contributed by atoms with Crippen LogP contribution in [-0.2, 0) is 11.3 Å². The average molecular weight is 358 g/mol. The van der Waals surface area contributed by atoms with Gasteiger partial charge in [-0.25, -0.2) is 4.79 Å². The van der Waals surface area contributed by atoms with Gasteiger partial charge in [-0.3, -0.25) is 4.79 Å². The van der Waals surface area contributed by atoms with E-state index in [9.17, 15) is 9.59 Å². The van der Waals surface area contributed by atoms with Crippen molar-refractivity contribution in [1.82, 2.24) is 25.1 Å². The Morgan fingerprint density at radius 2 is 1.80 bits per heavy atom. The standard InChI is InChI=1S/C17H16ClN5O2/c1-12(13-7-3-2-4-8-13)19-16(24)11-22-17(25)23(21-20-22)15-10-6-5-9-14(15)18/h2-10,12H,11H2,1H3,(H,19,24)/t12-/m1/s1. The van der Waals surface area contributed by atoms with Gasteiger partial charge in [-0.15, -0.1) is 0 Å².